The normalized spacial score (nSPS) is 22.3. The average molecular weight is 291 g/mol. The maximum absolute atomic E-state index is 12.0. The Kier molecular flexibility index (Phi) is 4.43. The van der Waals surface area contributed by atoms with Crippen molar-refractivity contribution < 1.29 is 4.79 Å². The highest BCUT2D eigenvalue weighted by Crippen LogP contribution is 2.27. The summed E-state index contributed by atoms with van der Waals surface area (Å²) < 4.78 is 1.82. The second-order valence-corrected chi connectivity index (χ2v) is 6.30. The Morgan fingerprint density at radius 3 is 3.00 bits per heavy atom. The van der Waals surface area contributed by atoms with E-state index in [1.54, 1.807) is 0 Å². The zero-order valence-electron chi connectivity index (χ0n) is 12.7. The number of amides is 1. The average Bonchev–Trinajstić information content (AvgIpc) is 3.18. The summed E-state index contributed by atoms with van der Waals surface area (Å²) in [5, 5.41) is 10.6. The lowest BCUT2D eigenvalue weighted by atomic mass is 10.1. The largest absolute Gasteiger partial charge is 0.367 e. The number of piperidine rings is 1. The molecule has 1 aromatic heterocycles. The number of carbonyl (C=O) groups is 1. The van der Waals surface area contributed by atoms with Gasteiger partial charge in [-0.1, -0.05) is 0 Å². The fraction of sp³-hybridized carbons (Fsp3) is 0.733. The molecule has 2 N–H and O–H groups in total. The van der Waals surface area contributed by atoms with Crippen molar-refractivity contribution in [3.63, 3.8) is 0 Å². The summed E-state index contributed by atoms with van der Waals surface area (Å²) in [6.45, 7) is 3.35. The van der Waals surface area contributed by atoms with Gasteiger partial charge in [0.05, 0.1) is 18.4 Å². The molecule has 116 valence electrons. The van der Waals surface area contributed by atoms with E-state index in [4.69, 9.17) is 0 Å². The van der Waals surface area contributed by atoms with Crippen molar-refractivity contribution >= 4 is 11.6 Å². The molecule has 1 aliphatic heterocycles. The maximum Gasteiger partial charge on any atom is 0.234 e. The third-order valence-corrected chi connectivity index (χ3v) is 4.26. The van der Waals surface area contributed by atoms with Gasteiger partial charge in [0, 0.05) is 32.4 Å². The first-order valence-corrected chi connectivity index (χ1v) is 7.94. The van der Waals surface area contributed by atoms with E-state index in [2.05, 4.69) is 20.6 Å². The Bertz CT molecular complexity index is 482. The third kappa shape index (κ3) is 4.20. The van der Waals surface area contributed by atoms with E-state index in [0.717, 1.165) is 44.1 Å². The number of aryl methyl sites for hydroxylation is 1. The molecule has 6 nitrogen and oxygen atoms in total. The minimum absolute atomic E-state index is 0.119. The van der Waals surface area contributed by atoms with Crippen LogP contribution in [0.25, 0.3) is 0 Å². The van der Waals surface area contributed by atoms with Crippen LogP contribution in [-0.2, 0) is 11.8 Å². The van der Waals surface area contributed by atoms with E-state index >= 15 is 0 Å². The minimum atomic E-state index is 0.119. The molecule has 0 aromatic carbocycles. The number of anilines is 1. The van der Waals surface area contributed by atoms with Gasteiger partial charge in [-0.2, -0.15) is 5.10 Å². The van der Waals surface area contributed by atoms with Crippen LogP contribution in [0.1, 0.15) is 25.7 Å². The highest BCUT2D eigenvalue weighted by atomic mass is 16.2. The van der Waals surface area contributed by atoms with Crippen molar-refractivity contribution in [1.29, 1.82) is 0 Å². The predicted molar refractivity (Wildman–Crippen MR) is 82.2 cm³/mol. The van der Waals surface area contributed by atoms with Crippen molar-refractivity contribution in [2.75, 3.05) is 31.1 Å². The molecule has 1 unspecified atom stereocenters. The highest BCUT2D eigenvalue weighted by molar-refractivity contribution is 5.78. The van der Waals surface area contributed by atoms with E-state index in [0.29, 0.717) is 6.54 Å². The summed E-state index contributed by atoms with van der Waals surface area (Å²) in [4.78, 5) is 14.3. The second kappa shape index (κ2) is 6.47. The van der Waals surface area contributed by atoms with Gasteiger partial charge in [0.1, 0.15) is 0 Å². The Morgan fingerprint density at radius 1 is 1.43 bits per heavy atom. The molecule has 1 saturated carbocycles. The number of hydrogen-bond donors (Lipinski definition) is 2. The summed E-state index contributed by atoms with van der Waals surface area (Å²) in [5.41, 5.74) is 1.14. The summed E-state index contributed by atoms with van der Waals surface area (Å²) in [7, 11) is 1.93. The number of nitrogens with zero attached hydrogens (tertiary/aromatic N) is 3. The van der Waals surface area contributed by atoms with Crippen LogP contribution in [-0.4, -0.2) is 47.9 Å². The first-order chi connectivity index (χ1) is 10.2. The fourth-order valence-corrected chi connectivity index (χ4v) is 2.89. The van der Waals surface area contributed by atoms with Crippen LogP contribution >= 0.6 is 0 Å². The highest BCUT2D eigenvalue weighted by Gasteiger charge is 2.23. The number of nitrogens with one attached hydrogen (secondary N) is 2. The van der Waals surface area contributed by atoms with Crippen molar-refractivity contribution in [2.45, 2.75) is 31.7 Å². The van der Waals surface area contributed by atoms with E-state index < -0.39 is 0 Å². The molecule has 1 saturated heterocycles. The van der Waals surface area contributed by atoms with Crippen LogP contribution in [0.5, 0.6) is 0 Å². The van der Waals surface area contributed by atoms with Gasteiger partial charge < -0.3 is 15.5 Å². The van der Waals surface area contributed by atoms with E-state index in [9.17, 15) is 4.79 Å². The van der Waals surface area contributed by atoms with E-state index in [1.807, 2.05) is 24.1 Å². The quantitative estimate of drug-likeness (QED) is 0.801. The van der Waals surface area contributed by atoms with Gasteiger partial charge in [0.2, 0.25) is 5.91 Å². The number of rotatable bonds is 6. The molecule has 0 spiro atoms. The molecule has 0 bridgehead atoms. The van der Waals surface area contributed by atoms with Gasteiger partial charge in [-0.05, 0) is 38.1 Å². The van der Waals surface area contributed by atoms with Gasteiger partial charge >= 0.3 is 0 Å². The monoisotopic (exact) mass is 291 g/mol. The molecule has 3 rings (SSSR count). The first kappa shape index (κ1) is 14.4. The fourth-order valence-electron chi connectivity index (χ4n) is 2.89. The number of hydrogen-bond acceptors (Lipinski definition) is 4. The van der Waals surface area contributed by atoms with Crippen LogP contribution < -0.4 is 15.5 Å². The van der Waals surface area contributed by atoms with Crippen LogP contribution in [0.15, 0.2) is 12.4 Å². The molecular formula is C15H25N5O. The van der Waals surface area contributed by atoms with E-state index in [-0.39, 0.29) is 11.9 Å². The maximum atomic E-state index is 12.0. The van der Waals surface area contributed by atoms with Gasteiger partial charge in [-0.15, -0.1) is 0 Å². The van der Waals surface area contributed by atoms with Crippen molar-refractivity contribution in [2.24, 2.45) is 13.0 Å². The molecule has 2 fully saturated rings. The molecule has 1 amide bonds. The molecule has 2 aliphatic rings. The standard InChI is InChI=1S/C15H25N5O/c1-19-11-14(8-17-19)20-6-2-3-13(10-20)18-15(21)9-16-7-12-4-5-12/h8,11-13,16H,2-7,9-10H2,1H3,(H,18,21). The van der Waals surface area contributed by atoms with Gasteiger partial charge in [0.15, 0.2) is 0 Å². The predicted octanol–water partition coefficient (Wildman–Crippen LogP) is 0.505. The van der Waals surface area contributed by atoms with Gasteiger partial charge in [-0.25, -0.2) is 0 Å². The SMILES string of the molecule is Cn1cc(N2CCCC(NC(=O)CNCC3CC3)C2)cn1. The Hall–Kier alpha value is -1.56. The lowest BCUT2D eigenvalue weighted by Gasteiger charge is -2.33. The lowest BCUT2D eigenvalue weighted by molar-refractivity contribution is -0.121. The number of carbonyl (C=O) groups excluding carboxylic acids is 1. The van der Waals surface area contributed by atoms with E-state index in [1.165, 1.54) is 12.8 Å². The smallest absolute Gasteiger partial charge is 0.234 e. The topological polar surface area (TPSA) is 62.2 Å². The van der Waals surface area contributed by atoms with Crippen LogP contribution in [0.3, 0.4) is 0 Å². The number of aromatic nitrogens is 2. The Labute approximate surface area is 125 Å². The third-order valence-electron chi connectivity index (χ3n) is 4.26. The van der Waals surface area contributed by atoms with Crippen molar-refractivity contribution in [1.82, 2.24) is 20.4 Å². The molecule has 21 heavy (non-hydrogen) atoms. The van der Waals surface area contributed by atoms with Gasteiger partial charge in [-0.3, -0.25) is 9.48 Å². The Balaban J connectivity index is 1.43. The molecule has 1 aromatic rings. The van der Waals surface area contributed by atoms with Crippen LogP contribution in [0, 0.1) is 5.92 Å². The zero-order valence-corrected chi connectivity index (χ0v) is 12.7. The van der Waals surface area contributed by atoms with Crippen molar-refractivity contribution in [3.05, 3.63) is 12.4 Å². The molecular weight excluding hydrogens is 266 g/mol. The molecule has 2 heterocycles. The summed E-state index contributed by atoms with van der Waals surface area (Å²) in [5.74, 6) is 0.933. The summed E-state index contributed by atoms with van der Waals surface area (Å²) in [6, 6.07) is 0.245. The first-order valence-electron chi connectivity index (χ1n) is 7.94. The molecule has 6 heteroatoms. The lowest BCUT2D eigenvalue weighted by Crippen LogP contribution is -2.49. The Morgan fingerprint density at radius 2 is 2.29 bits per heavy atom. The molecule has 1 aliphatic carbocycles. The van der Waals surface area contributed by atoms with Crippen LogP contribution in [0.4, 0.5) is 5.69 Å². The van der Waals surface area contributed by atoms with Crippen LogP contribution in [0.2, 0.25) is 0 Å². The second-order valence-electron chi connectivity index (χ2n) is 6.30. The summed E-state index contributed by atoms with van der Waals surface area (Å²) >= 11 is 0. The summed E-state index contributed by atoms with van der Waals surface area (Å²) in [6.07, 6.45) is 8.72. The minimum Gasteiger partial charge on any atom is -0.367 e. The zero-order chi connectivity index (χ0) is 14.7. The molecule has 1 atom stereocenters. The van der Waals surface area contributed by atoms with Gasteiger partial charge in [0.25, 0.3) is 0 Å². The molecule has 0 radical (unpaired) electrons. The van der Waals surface area contributed by atoms with Crippen molar-refractivity contribution in [3.8, 4) is 0 Å².